The molecule has 8 heteroatoms. The van der Waals surface area contributed by atoms with Crippen molar-refractivity contribution >= 4 is 23.4 Å². The molecule has 0 aliphatic rings. The van der Waals surface area contributed by atoms with Gasteiger partial charge in [0.1, 0.15) is 5.75 Å². The number of anilines is 2. The van der Waals surface area contributed by atoms with E-state index in [1.54, 1.807) is 31.2 Å². The smallest absolute Gasteiger partial charge is 0.323 e. The molecule has 0 unspecified atom stereocenters. The first-order valence-electron chi connectivity index (χ1n) is 8.57. The van der Waals surface area contributed by atoms with Crippen molar-refractivity contribution in [2.24, 2.45) is 0 Å². The summed E-state index contributed by atoms with van der Waals surface area (Å²) in [6, 6.07) is 8.18. The number of aryl methyl sites for hydroxylation is 1. The van der Waals surface area contributed by atoms with Crippen LogP contribution in [-0.2, 0) is 11.2 Å². The summed E-state index contributed by atoms with van der Waals surface area (Å²) in [5, 5.41) is 14.3. The zero-order valence-corrected chi connectivity index (χ0v) is 16.3. The fourth-order valence-electron chi connectivity index (χ4n) is 2.85. The normalized spacial score (nSPS) is 10.1. The molecular formula is C20H24N2O6. The second-order valence-corrected chi connectivity index (χ2v) is 5.99. The summed E-state index contributed by atoms with van der Waals surface area (Å²) in [5.74, 6) is 0.582. The van der Waals surface area contributed by atoms with Gasteiger partial charge in [-0.25, -0.2) is 4.79 Å². The van der Waals surface area contributed by atoms with E-state index in [0.717, 1.165) is 5.56 Å². The molecule has 2 rings (SSSR count). The number of carbonyl (C=O) groups excluding carboxylic acids is 1. The molecule has 0 atom stereocenters. The van der Waals surface area contributed by atoms with E-state index in [1.165, 1.54) is 21.3 Å². The second kappa shape index (κ2) is 9.50. The number of carboxylic acids is 1. The van der Waals surface area contributed by atoms with Gasteiger partial charge in [-0.3, -0.25) is 4.79 Å². The fourth-order valence-corrected chi connectivity index (χ4v) is 2.85. The highest BCUT2D eigenvalue weighted by Crippen LogP contribution is 2.42. The van der Waals surface area contributed by atoms with Gasteiger partial charge in [-0.05, 0) is 31.0 Å². The largest absolute Gasteiger partial charge is 0.494 e. The number of hydrogen-bond donors (Lipinski definition) is 3. The summed E-state index contributed by atoms with van der Waals surface area (Å²) in [7, 11) is 4.54. The molecule has 0 aliphatic carbocycles. The van der Waals surface area contributed by atoms with Crippen LogP contribution in [0.3, 0.4) is 0 Å². The van der Waals surface area contributed by atoms with Gasteiger partial charge >= 0.3 is 12.0 Å². The van der Waals surface area contributed by atoms with Gasteiger partial charge in [-0.15, -0.1) is 0 Å². The highest BCUT2D eigenvalue weighted by atomic mass is 16.5. The number of hydrogen-bond acceptors (Lipinski definition) is 5. The van der Waals surface area contributed by atoms with Crippen LogP contribution in [0.2, 0.25) is 0 Å². The second-order valence-electron chi connectivity index (χ2n) is 5.99. The van der Waals surface area contributed by atoms with E-state index in [4.69, 9.17) is 19.3 Å². The molecular weight excluding hydrogens is 364 g/mol. The van der Waals surface area contributed by atoms with Crippen molar-refractivity contribution in [3.63, 3.8) is 0 Å². The lowest BCUT2D eigenvalue weighted by atomic mass is 10.1. The molecule has 2 aromatic carbocycles. The molecule has 28 heavy (non-hydrogen) atoms. The predicted molar refractivity (Wildman–Crippen MR) is 106 cm³/mol. The van der Waals surface area contributed by atoms with Crippen LogP contribution < -0.4 is 24.8 Å². The van der Waals surface area contributed by atoms with Crippen LogP contribution in [0.4, 0.5) is 16.2 Å². The predicted octanol–water partition coefficient (Wildman–Crippen LogP) is 3.68. The molecule has 3 N–H and O–H groups in total. The Kier molecular flexibility index (Phi) is 7.08. The molecule has 0 saturated heterocycles. The van der Waals surface area contributed by atoms with E-state index < -0.39 is 12.0 Å². The van der Waals surface area contributed by atoms with Crippen molar-refractivity contribution in [3.8, 4) is 17.2 Å². The number of aliphatic carboxylic acids is 1. The topological polar surface area (TPSA) is 106 Å². The average molecular weight is 388 g/mol. The van der Waals surface area contributed by atoms with Crippen molar-refractivity contribution < 1.29 is 28.9 Å². The first kappa shape index (κ1) is 20.9. The SMILES string of the molecule is COc1cc(NC(=O)Nc2cccc(CCC(=O)O)c2)c(OC)c(C)c1OC. The lowest BCUT2D eigenvalue weighted by Gasteiger charge is -2.18. The van der Waals surface area contributed by atoms with Gasteiger partial charge in [0.05, 0.1) is 27.0 Å². The molecule has 2 aromatic rings. The molecule has 0 spiro atoms. The Balaban J connectivity index is 2.18. The number of methoxy groups -OCH3 is 3. The number of nitrogens with one attached hydrogen (secondary N) is 2. The number of amides is 2. The van der Waals surface area contributed by atoms with Gasteiger partial charge in [-0.1, -0.05) is 12.1 Å². The molecule has 0 heterocycles. The maximum absolute atomic E-state index is 12.4. The zero-order chi connectivity index (χ0) is 20.7. The Hall–Kier alpha value is -3.42. The van der Waals surface area contributed by atoms with Crippen LogP contribution in [0, 0.1) is 6.92 Å². The minimum atomic E-state index is -0.868. The third-order valence-corrected chi connectivity index (χ3v) is 4.11. The number of urea groups is 1. The molecule has 0 radical (unpaired) electrons. The molecule has 0 saturated carbocycles. The van der Waals surface area contributed by atoms with Crippen LogP contribution >= 0.6 is 0 Å². The Morgan fingerprint density at radius 1 is 1.00 bits per heavy atom. The maximum Gasteiger partial charge on any atom is 0.323 e. The van der Waals surface area contributed by atoms with Crippen molar-refractivity contribution in [3.05, 3.63) is 41.5 Å². The zero-order valence-electron chi connectivity index (χ0n) is 16.3. The van der Waals surface area contributed by atoms with E-state index >= 15 is 0 Å². The van der Waals surface area contributed by atoms with Gasteiger partial charge in [-0.2, -0.15) is 0 Å². The standard InChI is InChI=1S/C20H24N2O6/c1-12-18(27-3)15(11-16(26-2)19(12)28-4)22-20(25)21-14-7-5-6-13(10-14)8-9-17(23)24/h5-7,10-11H,8-9H2,1-4H3,(H,23,24)(H2,21,22,25). The van der Waals surface area contributed by atoms with E-state index in [9.17, 15) is 9.59 Å². The van der Waals surface area contributed by atoms with Gasteiger partial charge in [0, 0.05) is 23.7 Å². The number of rotatable bonds is 8. The summed E-state index contributed by atoms with van der Waals surface area (Å²) in [4.78, 5) is 23.2. The Morgan fingerprint density at radius 3 is 2.32 bits per heavy atom. The van der Waals surface area contributed by atoms with Gasteiger partial charge in [0.15, 0.2) is 11.5 Å². The minimum Gasteiger partial charge on any atom is -0.494 e. The molecule has 0 fully saturated rings. The van der Waals surface area contributed by atoms with Crippen molar-refractivity contribution in [1.29, 1.82) is 0 Å². The number of carboxylic acid groups (broad SMARTS) is 1. The lowest BCUT2D eigenvalue weighted by molar-refractivity contribution is -0.136. The van der Waals surface area contributed by atoms with Crippen LogP contribution in [0.15, 0.2) is 30.3 Å². The molecule has 0 aromatic heterocycles. The van der Waals surface area contributed by atoms with Crippen LogP contribution in [-0.4, -0.2) is 38.4 Å². The van der Waals surface area contributed by atoms with E-state index in [2.05, 4.69) is 10.6 Å². The van der Waals surface area contributed by atoms with Crippen molar-refractivity contribution in [1.82, 2.24) is 0 Å². The average Bonchev–Trinajstić information content (AvgIpc) is 2.66. The summed E-state index contributed by atoms with van der Waals surface area (Å²) in [6.45, 7) is 1.80. The quantitative estimate of drug-likeness (QED) is 0.637. The highest BCUT2D eigenvalue weighted by Gasteiger charge is 2.19. The number of carbonyl (C=O) groups is 2. The first-order valence-corrected chi connectivity index (χ1v) is 8.57. The molecule has 0 bridgehead atoms. The van der Waals surface area contributed by atoms with Crippen molar-refractivity contribution in [2.75, 3.05) is 32.0 Å². The third-order valence-electron chi connectivity index (χ3n) is 4.11. The fraction of sp³-hybridized carbons (Fsp3) is 0.300. The third kappa shape index (κ3) is 5.06. The van der Waals surface area contributed by atoms with Gasteiger partial charge < -0.3 is 30.0 Å². The molecule has 2 amide bonds. The summed E-state index contributed by atoms with van der Waals surface area (Å²) < 4.78 is 16.1. The maximum atomic E-state index is 12.4. The Labute approximate surface area is 163 Å². The summed E-state index contributed by atoms with van der Waals surface area (Å²) >= 11 is 0. The number of benzene rings is 2. The van der Waals surface area contributed by atoms with E-state index in [-0.39, 0.29) is 6.42 Å². The number of ether oxygens (including phenoxy) is 3. The first-order chi connectivity index (χ1) is 13.4. The summed E-state index contributed by atoms with van der Waals surface area (Å²) in [5.41, 5.74) is 2.49. The van der Waals surface area contributed by atoms with Crippen LogP contribution in [0.1, 0.15) is 17.5 Å². The van der Waals surface area contributed by atoms with Crippen molar-refractivity contribution in [2.45, 2.75) is 19.8 Å². The van der Waals surface area contributed by atoms with Gasteiger partial charge in [0.25, 0.3) is 0 Å². The van der Waals surface area contributed by atoms with E-state index in [0.29, 0.717) is 40.6 Å². The molecule has 8 nitrogen and oxygen atoms in total. The van der Waals surface area contributed by atoms with E-state index in [1.807, 2.05) is 6.07 Å². The highest BCUT2D eigenvalue weighted by molar-refractivity contribution is 6.01. The monoisotopic (exact) mass is 388 g/mol. The lowest BCUT2D eigenvalue weighted by Crippen LogP contribution is -2.20. The minimum absolute atomic E-state index is 0.0256. The molecule has 0 aliphatic heterocycles. The molecule has 150 valence electrons. The summed E-state index contributed by atoms with van der Waals surface area (Å²) in [6.07, 6.45) is 0.410. The van der Waals surface area contributed by atoms with Crippen LogP contribution in [0.25, 0.3) is 0 Å². The van der Waals surface area contributed by atoms with Crippen LogP contribution in [0.5, 0.6) is 17.2 Å². The Bertz CT molecular complexity index is 866. The van der Waals surface area contributed by atoms with Gasteiger partial charge in [0.2, 0.25) is 0 Å². The Morgan fingerprint density at radius 2 is 1.71 bits per heavy atom.